The summed E-state index contributed by atoms with van der Waals surface area (Å²) in [7, 11) is 1.87. The lowest BCUT2D eigenvalue weighted by molar-refractivity contribution is -0.142. The number of carboxylic acid groups (broad SMARTS) is 1. The molecule has 82 valence electrons. The van der Waals surface area contributed by atoms with Crippen LogP contribution in [-0.4, -0.2) is 33.9 Å². The molecule has 1 aliphatic heterocycles. The number of rotatable bonds is 2. The highest BCUT2D eigenvalue weighted by Gasteiger charge is 2.28. The van der Waals surface area contributed by atoms with E-state index >= 15 is 0 Å². The largest absolute Gasteiger partial charge is 0.481 e. The van der Waals surface area contributed by atoms with Gasteiger partial charge >= 0.3 is 5.97 Å². The molecule has 5 nitrogen and oxygen atoms in total. The predicted molar refractivity (Wildman–Crippen MR) is 54.6 cm³/mol. The fourth-order valence-corrected chi connectivity index (χ4v) is 2.01. The quantitative estimate of drug-likeness (QED) is 0.730. The lowest BCUT2D eigenvalue weighted by Gasteiger charge is -2.26. The minimum atomic E-state index is -0.719. The normalized spacial score (nSPS) is 26.5. The fourth-order valence-electron chi connectivity index (χ4n) is 2.01. The van der Waals surface area contributed by atoms with Gasteiger partial charge in [0.2, 0.25) is 0 Å². The van der Waals surface area contributed by atoms with Gasteiger partial charge in [0.1, 0.15) is 0 Å². The van der Waals surface area contributed by atoms with Gasteiger partial charge < -0.3 is 10.4 Å². The molecule has 0 aromatic carbocycles. The highest BCUT2D eigenvalue weighted by Crippen LogP contribution is 2.25. The van der Waals surface area contributed by atoms with Crippen LogP contribution in [0, 0.1) is 5.92 Å². The average molecular weight is 209 g/mol. The Bertz CT molecular complexity index is 361. The molecule has 0 spiro atoms. The fraction of sp³-hybridized carbons (Fsp3) is 0.600. The number of nitrogens with one attached hydrogen (secondary N) is 1. The van der Waals surface area contributed by atoms with Crippen molar-refractivity contribution in [2.24, 2.45) is 13.0 Å². The summed E-state index contributed by atoms with van der Waals surface area (Å²) in [5, 5.41) is 16.4. The van der Waals surface area contributed by atoms with Crippen LogP contribution < -0.4 is 5.32 Å². The first-order valence-corrected chi connectivity index (χ1v) is 5.10. The van der Waals surface area contributed by atoms with Crippen molar-refractivity contribution in [3.05, 3.63) is 18.0 Å². The van der Waals surface area contributed by atoms with Crippen molar-refractivity contribution in [2.75, 3.05) is 13.1 Å². The van der Waals surface area contributed by atoms with Crippen LogP contribution in [0.1, 0.15) is 18.0 Å². The molecule has 2 rings (SSSR count). The monoisotopic (exact) mass is 209 g/mol. The summed E-state index contributed by atoms with van der Waals surface area (Å²) in [6.07, 6.45) is 2.57. The van der Waals surface area contributed by atoms with E-state index in [0.29, 0.717) is 13.0 Å². The minimum Gasteiger partial charge on any atom is -0.481 e. The summed E-state index contributed by atoms with van der Waals surface area (Å²) in [5.74, 6) is -0.782. The maximum atomic E-state index is 10.9. The van der Waals surface area contributed by atoms with E-state index in [2.05, 4.69) is 10.4 Å². The maximum absolute atomic E-state index is 10.9. The number of aromatic nitrogens is 2. The summed E-state index contributed by atoms with van der Waals surface area (Å²) in [6.45, 7) is 1.39. The van der Waals surface area contributed by atoms with Crippen molar-refractivity contribution in [2.45, 2.75) is 12.3 Å². The Morgan fingerprint density at radius 1 is 1.67 bits per heavy atom. The molecule has 0 saturated carbocycles. The van der Waals surface area contributed by atoms with Crippen LogP contribution in [0.15, 0.2) is 12.3 Å². The number of nitrogens with zero attached hydrogens (tertiary/aromatic N) is 2. The number of piperidine rings is 1. The first-order chi connectivity index (χ1) is 7.16. The number of carbonyl (C=O) groups is 1. The summed E-state index contributed by atoms with van der Waals surface area (Å²) in [4.78, 5) is 10.9. The molecule has 2 unspecified atom stereocenters. The lowest BCUT2D eigenvalue weighted by atomic mass is 9.88. The van der Waals surface area contributed by atoms with Gasteiger partial charge in [-0.2, -0.15) is 5.10 Å². The minimum absolute atomic E-state index is 0.223. The Kier molecular flexibility index (Phi) is 2.73. The van der Waals surface area contributed by atoms with Gasteiger partial charge in [0, 0.05) is 32.3 Å². The van der Waals surface area contributed by atoms with Crippen molar-refractivity contribution in [1.29, 1.82) is 0 Å². The van der Waals surface area contributed by atoms with E-state index in [1.807, 2.05) is 19.3 Å². The Labute approximate surface area is 88.1 Å². The third-order valence-corrected chi connectivity index (χ3v) is 2.85. The van der Waals surface area contributed by atoms with Crippen LogP contribution in [-0.2, 0) is 11.8 Å². The highest BCUT2D eigenvalue weighted by molar-refractivity contribution is 5.70. The van der Waals surface area contributed by atoms with Crippen LogP contribution in [0.25, 0.3) is 0 Å². The van der Waals surface area contributed by atoms with E-state index in [1.165, 1.54) is 0 Å². The number of carboxylic acids is 1. The van der Waals surface area contributed by atoms with Gasteiger partial charge in [0.15, 0.2) is 0 Å². The zero-order chi connectivity index (χ0) is 10.8. The molecular formula is C10H15N3O2. The number of aryl methyl sites for hydroxylation is 1. The van der Waals surface area contributed by atoms with Crippen molar-refractivity contribution in [3.63, 3.8) is 0 Å². The van der Waals surface area contributed by atoms with Gasteiger partial charge in [-0.15, -0.1) is 0 Å². The molecule has 15 heavy (non-hydrogen) atoms. The Morgan fingerprint density at radius 3 is 3.07 bits per heavy atom. The molecule has 1 aliphatic rings. The van der Waals surface area contributed by atoms with Gasteiger partial charge in [-0.25, -0.2) is 0 Å². The third kappa shape index (κ3) is 2.18. The van der Waals surface area contributed by atoms with E-state index < -0.39 is 5.97 Å². The van der Waals surface area contributed by atoms with E-state index in [1.54, 1.807) is 4.68 Å². The SMILES string of the molecule is Cn1ccc(C2CNCC(C(=O)O)C2)n1. The smallest absolute Gasteiger partial charge is 0.307 e. The molecule has 1 aromatic rings. The van der Waals surface area contributed by atoms with Crippen LogP contribution in [0.3, 0.4) is 0 Å². The summed E-state index contributed by atoms with van der Waals surface area (Å²) < 4.78 is 1.75. The number of hydrogen-bond donors (Lipinski definition) is 2. The van der Waals surface area contributed by atoms with Gasteiger partial charge in [-0.05, 0) is 12.5 Å². The third-order valence-electron chi connectivity index (χ3n) is 2.85. The Hall–Kier alpha value is -1.36. The van der Waals surface area contributed by atoms with E-state index in [-0.39, 0.29) is 11.8 Å². The average Bonchev–Trinajstić information content (AvgIpc) is 2.65. The molecule has 1 saturated heterocycles. The van der Waals surface area contributed by atoms with Crippen molar-refractivity contribution in [3.8, 4) is 0 Å². The molecular weight excluding hydrogens is 194 g/mol. The first-order valence-electron chi connectivity index (χ1n) is 5.10. The lowest BCUT2D eigenvalue weighted by Crippen LogP contribution is -2.38. The topological polar surface area (TPSA) is 67.2 Å². The summed E-state index contributed by atoms with van der Waals surface area (Å²) in [6, 6.07) is 1.95. The van der Waals surface area contributed by atoms with Crippen LogP contribution in [0.2, 0.25) is 0 Å². The van der Waals surface area contributed by atoms with E-state index in [9.17, 15) is 4.79 Å². The zero-order valence-corrected chi connectivity index (χ0v) is 8.68. The Balaban J connectivity index is 2.07. The molecule has 0 radical (unpaired) electrons. The molecule has 1 fully saturated rings. The van der Waals surface area contributed by atoms with Gasteiger partial charge in [0.05, 0.1) is 11.6 Å². The van der Waals surface area contributed by atoms with E-state index in [4.69, 9.17) is 5.11 Å². The molecule has 0 aliphatic carbocycles. The van der Waals surface area contributed by atoms with Crippen molar-refractivity contribution in [1.82, 2.24) is 15.1 Å². The van der Waals surface area contributed by atoms with Crippen LogP contribution >= 0.6 is 0 Å². The highest BCUT2D eigenvalue weighted by atomic mass is 16.4. The van der Waals surface area contributed by atoms with Crippen LogP contribution in [0.5, 0.6) is 0 Å². The molecule has 0 bridgehead atoms. The molecule has 0 amide bonds. The summed E-state index contributed by atoms with van der Waals surface area (Å²) in [5.41, 5.74) is 0.982. The molecule has 1 aromatic heterocycles. The molecule has 5 heteroatoms. The van der Waals surface area contributed by atoms with Gasteiger partial charge in [0.25, 0.3) is 0 Å². The second kappa shape index (κ2) is 4.02. The molecule has 2 N–H and O–H groups in total. The van der Waals surface area contributed by atoms with Gasteiger partial charge in [-0.3, -0.25) is 9.48 Å². The van der Waals surface area contributed by atoms with Crippen molar-refractivity contribution >= 4 is 5.97 Å². The first kappa shape index (κ1) is 10.2. The second-order valence-corrected chi connectivity index (χ2v) is 4.04. The second-order valence-electron chi connectivity index (χ2n) is 4.04. The van der Waals surface area contributed by atoms with Crippen LogP contribution in [0.4, 0.5) is 0 Å². The molecule has 2 heterocycles. The Morgan fingerprint density at radius 2 is 2.47 bits per heavy atom. The standard InChI is InChI=1S/C10H15N3O2/c1-13-3-2-9(12-13)7-4-8(10(14)15)6-11-5-7/h2-3,7-8,11H,4-6H2,1H3,(H,14,15). The number of aliphatic carboxylic acids is 1. The number of hydrogen-bond acceptors (Lipinski definition) is 3. The van der Waals surface area contributed by atoms with E-state index in [0.717, 1.165) is 12.2 Å². The maximum Gasteiger partial charge on any atom is 0.307 e. The predicted octanol–water partition coefficient (Wildman–Crippen LogP) is 0.198. The van der Waals surface area contributed by atoms with Crippen molar-refractivity contribution < 1.29 is 9.90 Å². The van der Waals surface area contributed by atoms with Gasteiger partial charge in [-0.1, -0.05) is 0 Å². The zero-order valence-electron chi connectivity index (χ0n) is 8.68. The molecule has 2 atom stereocenters. The summed E-state index contributed by atoms with van der Waals surface area (Å²) >= 11 is 0.